The molecule has 5 nitrogen and oxygen atoms in total. The number of aromatic nitrogens is 3. The van der Waals surface area contributed by atoms with Gasteiger partial charge in [0.2, 0.25) is 5.95 Å². The molecule has 2 aromatic rings. The first-order valence-electron chi connectivity index (χ1n) is 5.57. The molecule has 0 aliphatic rings. The highest BCUT2D eigenvalue weighted by Crippen LogP contribution is 2.24. The normalized spacial score (nSPS) is 11.2. The number of halogens is 1. The third kappa shape index (κ3) is 2.50. The van der Waals surface area contributed by atoms with Crippen LogP contribution in [0.3, 0.4) is 0 Å². The van der Waals surface area contributed by atoms with E-state index in [0.29, 0.717) is 17.6 Å². The zero-order valence-electron chi connectivity index (χ0n) is 9.69. The van der Waals surface area contributed by atoms with E-state index < -0.39 is 0 Å². The van der Waals surface area contributed by atoms with Crippen molar-refractivity contribution >= 4 is 28.6 Å². The molecule has 0 aliphatic heterocycles. The molecule has 17 heavy (non-hydrogen) atoms. The highest BCUT2D eigenvalue weighted by atomic mass is 35.5. The maximum atomic E-state index is 6.11. The summed E-state index contributed by atoms with van der Waals surface area (Å²) in [6.45, 7) is 4.15. The summed E-state index contributed by atoms with van der Waals surface area (Å²) in [4.78, 5) is 8.21. The lowest BCUT2D eigenvalue weighted by molar-refractivity contribution is 0.142. The van der Waals surface area contributed by atoms with Gasteiger partial charge in [-0.3, -0.25) is 4.98 Å². The van der Waals surface area contributed by atoms with Crippen molar-refractivity contribution in [1.82, 2.24) is 14.5 Å². The average molecular weight is 255 g/mol. The number of nitrogens with two attached hydrogens (primary N) is 1. The monoisotopic (exact) mass is 254 g/mol. The number of rotatable bonds is 5. The molecular formula is C11H15ClN4O. The second kappa shape index (κ2) is 5.33. The number of fused-ring (bicyclic) bond motifs is 1. The molecule has 92 valence electrons. The van der Waals surface area contributed by atoms with Crippen LogP contribution in [-0.2, 0) is 11.3 Å². The molecule has 0 radical (unpaired) electrons. The second-order valence-electron chi connectivity index (χ2n) is 3.66. The summed E-state index contributed by atoms with van der Waals surface area (Å²) < 4.78 is 7.20. The van der Waals surface area contributed by atoms with E-state index in [9.17, 15) is 0 Å². The van der Waals surface area contributed by atoms with Crippen molar-refractivity contribution in [3.8, 4) is 0 Å². The van der Waals surface area contributed by atoms with E-state index in [1.807, 2.05) is 11.5 Å². The number of imidazole rings is 1. The van der Waals surface area contributed by atoms with Gasteiger partial charge in [-0.1, -0.05) is 11.6 Å². The fourth-order valence-corrected chi connectivity index (χ4v) is 2.02. The van der Waals surface area contributed by atoms with Crippen LogP contribution in [0.2, 0.25) is 5.02 Å². The zero-order chi connectivity index (χ0) is 12.3. The summed E-state index contributed by atoms with van der Waals surface area (Å²) in [5, 5.41) is 0.572. The number of ether oxygens (including phenoxy) is 1. The average Bonchev–Trinajstić information content (AvgIpc) is 2.62. The molecule has 0 aliphatic carbocycles. The van der Waals surface area contributed by atoms with E-state index >= 15 is 0 Å². The predicted octanol–water partition coefficient (Wildman–Crippen LogP) is 2.09. The van der Waals surface area contributed by atoms with Crippen LogP contribution in [0.15, 0.2) is 12.4 Å². The lowest BCUT2D eigenvalue weighted by Gasteiger charge is -2.07. The smallest absolute Gasteiger partial charge is 0.201 e. The Morgan fingerprint density at radius 2 is 2.29 bits per heavy atom. The molecule has 0 aromatic carbocycles. The topological polar surface area (TPSA) is 66.0 Å². The van der Waals surface area contributed by atoms with Gasteiger partial charge in [0, 0.05) is 26.0 Å². The molecule has 2 aromatic heterocycles. The third-order valence-electron chi connectivity index (χ3n) is 2.51. The molecule has 0 spiro atoms. The van der Waals surface area contributed by atoms with Gasteiger partial charge in [0.05, 0.1) is 16.7 Å². The van der Waals surface area contributed by atoms with Crippen LogP contribution in [0.1, 0.15) is 13.3 Å². The van der Waals surface area contributed by atoms with Crippen molar-refractivity contribution in [2.75, 3.05) is 18.9 Å². The van der Waals surface area contributed by atoms with Gasteiger partial charge in [0.25, 0.3) is 0 Å². The van der Waals surface area contributed by atoms with Crippen LogP contribution >= 0.6 is 11.6 Å². The van der Waals surface area contributed by atoms with Crippen LogP contribution < -0.4 is 5.73 Å². The van der Waals surface area contributed by atoms with Crippen LogP contribution in [0.5, 0.6) is 0 Å². The van der Waals surface area contributed by atoms with Gasteiger partial charge in [-0.05, 0) is 13.3 Å². The maximum absolute atomic E-state index is 6.11. The first kappa shape index (κ1) is 12.1. The van der Waals surface area contributed by atoms with Crippen molar-refractivity contribution in [3.05, 3.63) is 17.4 Å². The Balaban J connectivity index is 2.23. The zero-order valence-corrected chi connectivity index (χ0v) is 10.4. The number of hydrogen-bond donors (Lipinski definition) is 1. The van der Waals surface area contributed by atoms with Crippen LogP contribution in [0.25, 0.3) is 11.0 Å². The molecule has 2 heterocycles. The number of nitrogens with zero attached hydrogens (tertiary/aromatic N) is 3. The lowest BCUT2D eigenvalue weighted by Crippen LogP contribution is -2.06. The molecule has 0 bridgehead atoms. The van der Waals surface area contributed by atoms with E-state index in [2.05, 4.69) is 9.97 Å². The summed E-state index contributed by atoms with van der Waals surface area (Å²) in [5.41, 5.74) is 7.43. The van der Waals surface area contributed by atoms with Crippen LogP contribution in [-0.4, -0.2) is 27.7 Å². The number of aryl methyl sites for hydroxylation is 1. The maximum Gasteiger partial charge on any atom is 0.201 e. The highest BCUT2D eigenvalue weighted by Gasteiger charge is 2.11. The van der Waals surface area contributed by atoms with Crippen LogP contribution in [0.4, 0.5) is 5.95 Å². The van der Waals surface area contributed by atoms with E-state index in [4.69, 9.17) is 22.1 Å². The fourth-order valence-electron chi connectivity index (χ4n) is 1.76. The van der Waals surface area contributed by atoms with E-state index in [-0.39, 0.29) is 0 Å². The van der Waals surface area contributed by atoms with E-state index in [1.54, 1.807) is 12.4 Å². The summed E-state index contributed by atoms with van der Waals surface area (Å²) >= 11 is 6.11. The number of hydrogen-bond acceptors (Lipinski definition) is 4. The summed E-state index contributed by atoms with van der Waals surface area (Å²) in [7, 11) is 0. The minimum Gasteiger partial charge on any atom is -0.382 e. The van der Waals surface area contributed by atoms with Crippen LogP contribution in [0, 0.1) is 0 Å². The summed E-state index contributed by atoms with van der Waals surface area (Å²) in [6, 6.07) is 0. The first-order valence-corrected chi connectivity index (χ1v) is 5.94. The standard InChI is InChI=1S/C11H15ClN4O/c1-2-17-5-3-4-16-10-8(12)6-14-7-9(10)15-11(16)13/h6-7H,2-5H2,1H3,(H2,13,15). The molecule has 0 saturated heterocycles. The molecule has 2 rings (SSSR count). The fraction of sp³-hybridized carbons (Fsp3) is 0.455. The number of anilines is 1. The minimum absolute atomic E-state index is 0.464. The third-order valence-corrected chi connectivity index (χ3v) is 2.79. The largest absolute Gasteiger partial charge is 0.382 e. The predicted molar refractivity (Wildman–Crippen MR) is 68.1 cm³/mol. The number of nitrogen functional groups attached to an aromatic ring is 1. The summed E-state index contributed by atoms with van der Waals surface area (Å²) in [6.07, 6.45) is 4.14. The van der Waals surface area contributed by atoms with Crippen molar-refractivity contribution in [3.63, 3.8) is 0 Å². The number of pyridine rings is 1. The van der Waals surface area contributed by atoms with Gasteiger partial charge in [0.15, 0.2) is 0 Å². The van der Waals surface area contributed by atoms with E-state index in [0.717, 1.165) is 30.6 Å². The van der Waals surface area contributed by atoms with Crippen molar-refractivity contribution in [2.24, 2.45) is 0 Å². The summed E-state index contributed by atoms with van der Waals surface area (Å²) in [5.74, 6) is 0.464. The molecule has 0 amide bonds. The van der Waals surface area contributed by atoms with Crippen molar-refractivity contribution < 1.29 is 4.74 Å². The van der Waals surface area contributed by atoms with Gasteiger partial charge in [-0.25, -0.2) is 4.98 Å². The van der Waals surface area contributed by atoms with Crippen molar-refractivity contribution in [2.45, 2.75) is 19.9 Å². The van der Waals surface area contributed by atoms with Gasteiger partial charge in [0.1, 0.15) is 5.52 Å². The first-order chi connectivity index (χ1) is 8.24. The molecule has 0 unspecified atom stereocenters. The Hall–Kier alpha value is -1.33. The molecular weight excluding hydrogens is 240 g/mol. The Morgan fingerprint density at radius 3 is 3.06 bits per heavy atom. The second-order valence-corrected chi connectivity index (χ2v) is 4.07. The molecule has 0 fully saturated rings. The Kier molecular flexibility index (Phi) is 3.81. The van der Waals surface area contributed by atoms with Gasteiger partial charge >= 0.3 is 0 Å². The molecule has 0 saturated carbocycles. The van der Waals surface area contributed by atoms with Gasteiger partial charge in [-0.2, -0.15) is 0 Å². The van der Waals surface area contributed by atoms with E-state index in [1.165, 1.54) is 0 Å². The van der Waals surface area contributed by atoms with Gasteiger partial charge in [-0.15, -0.1) is 0 Å². The highest BCUT2D eigenvalue weighted by molar-refractivity contribution is 6.34. The SMILES string of the molecule is CCOCCCn1c(N)nc2cncc(Cl)c21. The quantitative estimate of drug-likeness (QED) is 0.830. The molecule has 6 heteroatoms. The Morgan fingerprint density at radius 1 is 1.47 bits per heavy atom. The Bertz CT molecular complexity index is 511. The Labute approximate surface area is 105 Å². The van der Waals surface area contributed by atoms with Crippen molar-refractivity contribution in [1.29, 1.82) is 0 Å². The lowest BCUT2D eigenvalue weighted by atomic mass is 10.4. The molecule has 0 atom stereocenters. The molecule has 2 N–H and O–H groups in total. The van der Waals surface area contributed by atoms with Gasteiger partial charge < -0.3 is 15.0 Å². The minimum atomic E-state index is 0.464.